The number of alkyl halides is 3. The molecular formula is C12H6Cl3F3N2. The number of halogens is 6. The lowest BCUT2D eigenvalue weighted by Gasteiger charge is -2.14. The van der Waals surface area contributed by atoms with Crippen LogP contribution in [0, 0.1) is 0 Å². The zero-order valence-electron chi connectivity index (χ0n) is 9.60. The van der Waals surface area contributed by atoms with Gasteiger partial charge in [0.15, 0.2) is 0 Å². The molecule has 8 heteroatoms. The maximum Gasteiger partial charge on any atom is 0.418 e. The second kappa shape index (κ2) is 5.31. The van der Waals surface area contributed by atoms with Crippen molar-refractivity contribution in [3.63, 3.8) is 0 Å². The monoisotopic (exact) mass is 340 g/mol. The second-order valence-corrected chi connectivity index (χ2v) is 5.10. The number of benzene rings is 1. The molecule has 2 rings (SSSR count). The topological polar surface area (TPSA) is 38.9 Å². The third-order valence-electron chi connectivity index (χ3n) is 2.53. The van der Waals surface area contributed by atoms with Crippen molar-refractivity contribution >= 4 is 40.6 Å². The molecule has 1 heterocycles. The predicted molar refractivity (Wildman–Crippen MR) is 74.1 cm³/mol. The molecule has 0 aliphatic carbocycles. The fourth-order valence-electron chi connectivity index (χ4n) is 1.65. The van der Waals surface area contributed by atoms with Gasteiger partial charge in [0.05, 0.1) is 20.6 Å². The lowest BCUT2D eigenvalue weighted by atomic mass is 10.0. The van der Waals surface area contributed by atoms with Crippen LogP contribution in [-0.2, 0) is 6.18 Å². The van der Waals surface area contributed by atoms with Crippen molar-refractivity contribution in [3.05, 3.63) is 45.0 Å². The quantitative estimate of drug-likeness (QED) is 0.714. The number of pyridine rings is 1. The predicted octanol–water partition coefficient (Wildman–Crippen LogP) is 5.31. The van der Waals surface area contributed by atoms with Gasteiger partial charge in [-0.25, -0.2) is 4.98 Å². The molecule has 0 unspecified atom stereocenters. The first-order valence-corrected chi connectivity index (χ1v) is 6.31. The van der Waals surface area contributed by atoms with E-state index in [9.17, 15) is 13.2 Å². The van der Waals surface area contributed by atoms with Gasteiger partial charge >= 0.3 is 6.18 Å². The molecule has 2 N–H and O–H groups in total. The van der Waals surface area contributed by atoms with Gasteiger partial charge in [-0.1, -0.05) is 34.8 Å². The van der Waals surface area contributed by atoms with Crippen LogP contribution in [-0.4, -0.2) is 4.98 Å². The van der Waals surface area contributed by atoms with Crippen LogP contribution in [0.15, 0.2) is 24.4 Å². The van der Waals surface area contributed by atoms with E-state index in [2.05, 4.69) is 4.98 Å². The number of aromatic nitrogens is 1. The Morgan fingerprint density at radius 3 is 2.05 bits per heavy atom. The minimum Gasteiger partial charge on any atom is -0.384 e. The van der Waals surface area contributed by atoms with Gasteiger partial charge < -0.3 is 5.73 Å². The zero-order chi connectivity index (χ0) is 15.1. The molecule has 0 spiro atoms. The maximum atomic E-state index is 13.0. The number of rotatable bonds is 1. The van der Waals surface area contributed by atoms with E-state index in [0.717, 1.165) is 6.07 Å². The molecule has 0 saturated carbocycles. The molecule has 0 radical (unpaired) electrons. The summed E-state index contributed by atoms with van der Waals surface area (Å²) in [5.41, 5.74) is 4.51. The Hall–Kier alpha value is -1.17. The summed E-state index contributed by atoms with van der Waals surface area (Å²) in [6, 6.07) is 3.69. The molecule has 0 amide bonds. The summed E-state index contributed by atoms with van der Waals surface area (Å²) in [5, 5.41) is 0.183. The van der Waals surface area contributed by atoms with E-state index >= 15 is 0 Å². The Morgan fingerprint density at radius 1 is 1.00 bits per heavy atom. The molecule has 0 atom stereocenters. The van der Waals surface area contributed by atoms with Gasteiger partial charge in [0, 0.05) is 6.20 Å². The largest absolute Gasteiger partial charge is 0.418 e. The number of anilines is 1. The van der Waals surface area contributed by atoms with Gasteiger partial charge in [-0.15, -0.1) is 0 Å². The molecule has 20 heavy (non-hydrogen) atoms. The van der Waals surface area contributed by atoms with Crippen LogP contribution in [0.2, 0.25) is 15.1 Å². The van der Waals surface area contributed by atoms with Crippen molar-refractivity contribution in [2.75, 3.05) is 5.73 Å². The molecule has 0 bridgehead atoms. The van der Waals surface area contributed by atoms with E-state index in [-0.39, 0.29) is 32.0 Å². The van der Waals surface area contributed by atoms with E-state index in [0.29, 0.717) is 6.20 Å². The van der Waals surface area contributed by atoms with Crippen molar-refractivity contribution in [2.45, 2.75) is 6.18 Å². The van der Waals surface area contributed by atoms with Crippen LogP contribution in [0.25, 0.3) is 11.1 Å². The van der Waals surface area contributed by atoms with Gasteiger partial charge in [-0.2, -0.15) is 13.2 Å². The minimum atomic E-state index is -4.57. The van der Waals surface area contributed by atoms with Gasteiger partial charge in [-0.3, -0.25) is 0 Å². The number of hydrogen-bond donors (Lipinski definition) is 1. The number of nitrogen functional groups attached to an aromatic ring is 1. The Morgan fingerprint density at radius 2 is 1.55 bits per heavy atom. The first-order chi connectivity index (χ1) is 9.20. The molecule has 0 aliphatic rings. The molecule has 2 aromatic rings. The summed E-state index contributed by atoms with van der Waals surface area (Å²) in [4.78, 5) is 3.46. The van der Waals surface area contributed by atoms with E-state index in [1.807, 2.05) is 0 Å². The zero-order valence-corrected chi connectivity index (χ0v) is 11.9. The van der Waals surface area contributed by atoms with Crippen LogP contribution in [0.1, 0.15) is 5.56 Å². The molecule has 106 valence electrons. The fraction of sp³-hybridized carbons (Fsp3) is 0.0833. The Kier molecular flexibility index (Phi) is 4.04. The van der Waals surface area contributed by atoms with E-state index in [1.165, 1.54) is 12.1 Å². The van der Waals surface area contributed by atoms with E-state index < -0.39 is 11.7 Å². The summed E-state index contributed by atoms with van der Waals surface area (Å²) >= 11 is 17.4. The lowest BCUT2D eigenvalue weighted by molar-refractivity contribution is -0.137. The van der Waals surface area contributed by atoms with Crippen molar-refractivity contribution in [2.24, 2.45) is 0 Å². The smallest absolute Gasteiger partial charge is 0.384 e. The standard InChI is InChI=1S/C12H6Cl3F3N2/c13-8-1-5(2-9(14)11(8)15)6-3-10(19)20-4-7(6)12(16,17)18/h1-4H,(H2,19,20). The first kappa shape index (κ1) is 15.2. The van der Waals surface area contributed by atoms with Crippen LogP contribution in [0.3, 0.4) is 0 Å². The molecular weight excluding hydrogens is 335 g/mol. The average Bonchev–Trinajstić information content (AvgIpc) is 2.33. The van der Waals surface area contributed by atoms with Gasteiger partial charge in [-0.05, 0) is 29.3 Å². The van der Waals surface area contributed by atoms with Crippen molar-refractivity contribution in [3.8, 4) is 11.1 Å². The summed E-state index contributed by atoms with van der Waals surface area (Å²) in [5.74, 6) is -0.0461. The second-order valence-electron chi connectivity index (χ2n) is 3.91. The molecule has 0 fully saturated rings. The number of nitrogens with zero attached hydrogens (tertiary/aromatic N) is 1. The third kappa shape index (κ3) is 2.95. The van der Waals surface area contributed by atoms with Gasteiger partial charge in [0.2, 0.25) is 0 Å². The number of nitrogens with two attached hydrogens (primary N) is 1. The molecule has 2 nitrogen and oxygen atoms in total. The van der Waals surface area contributed by atoms with E-state index in [1.54, 1.807) is 0 Å². The summed E-state index contributed by atoms with van der Waals surface area (Å²) in [7, 11) is 0. The van der Waals surface area contributed by atoms with Crippen LogP contribution in [0.5, 0.6) is 0 Å². The van der Waals surface area contributed by atoms with Gasteiger partial charge in [0.1, 0.15) is 5.82 Å². The van der Waals surface area contributed by atoms with Crippen molar-refractivity contribution < 1.29 is 13.2 Å². The van der Waals surface area contributed by atoms with Crippen LogP contribution < -0.4 is 5.73 Å². The Bertz CT molecular complexity index is 648. The van der Waals surface area contributed by atoms with Crippen molar-refractivity contribution in [1.82, 2.24) is 4.98 Å². The van der Waals surface area contributed by atoms with Crippen molar-refractivity contribution in [1.29, 1.82) is 0 Å². The minimum absolute atomic E-state index is 0.0461. The molecule has 1 aromatic heterocycles. The van der Waals surface area contributed by atoms with Crippen LogP contribution >= 0.6 is 34.8 Å². The summed E-state index contributed by atoms with van der Waals surface area (Å²) in [6.45, 7) is 0. The average molecular weight is 342 g/mol. The summed E-state index contributed by atoms with van der Waals surface area (Å²) in [6.07, 6.45) is -3.91. The lowest BCUT2D eigenvalue weighted by Crippen LogP contribution is -2.09. The highest BCUT2D eigenvalue weighted by Crippen LogP contribution is 2.41. The molecule has 1 aromatic carbocycles. The first-order valence-electron chi connectivity index (χ1n) is 5.18. The Labute approximate surface area is 127 Å². The SMILES string of the molecule is Nc1cc(-c2cc(Cl)c(Cl)c(Cl)c2)c(C(F)(F)F)cn1. The highest BCUT2D eigenvalue weighted by atomic mass is 35.5. The van der Waals surface area contributed by atoms with E-state index in [4.69, 9.17) is 40.5 Å². The molecule has 0 aliphatic heterocycles. The van der Waals surface area contributed by atoms with Crippen LogP contribution in [0.4, 0.5) is 19.0 Å². The normalized spacial score (nSPS) is 11.7. The Balaban J connectivity index is 2.72. The third-order valence-corrected chi connectivity index (χ3v) is 3.72. The number of hydrogen-bond acceptors (Lipinski definition) is 2. The highest BCUT2D eigenvalue weighted by Gasteiger charge is 2.34. The van der Waals surface area contributed by atoms with Gasteiger partial charge in [0.25, 0.3) is 0 Å². The highest BCUT2D eigenvalue weighted by molar-refractivity contribution is 6.48. The molecule has 0 saturated heterocycles. The maximum absolute atomic E-state index is 13.0. The summed E-state index contributed by atoms with van der Waals surface area (Å²) < 4.78 is 38.9. The fourth-order valence-corrected chi connectivity index (χ4v) is 2.24.